The number of amides is 1. The Kier molecular flexibility index (Phi) is 6.93. The lowest BCUT2D eigenvalue weighted by Crippen LogP contribution is -2.30. The largest absolute Gasteiger partial charge is 0.493 e. The number of carbonyl (C=O) groups excluding carboxylic acids is 1. The maximum Gasteiger partial charge on any atom is 0.233 e. The predicted octanol–water partition coefficient (Wildman–Crippen LogP) is 3.04. The average molecular weight is 346 g/mol. The summed E-state index contributed by atoms with van der Waals surface area (Å²) in [5.41, 5.74) is 1.95. The van der Waals surface area contributed by atoms with E-state index in [-0.39, 0.29) is 11.2 Å². The van der Waals surface area contributed by atoms with Gasteiger partial charge in [0.1, 0.15) is 6.61 Å². The summed E-state index contributed by atoms with van der Waals surface area (Å²) < 4.78 is 11.2. The molecule has 2 rings (SSSR count). The minimum absolute atomic E-state index is 0.0263. The molecule has 0 aliphatic rings. The Labute approximate surface area is 146 Å². The van der Waals surface area contributed by atoms with E-state index in [0.717, 1.165) is 11.1 Å². The maximum absolute atomic E-state index is 11.8. The molecule has 0 spiro atoms. The highest BCUT2D eigenvalue weighted by atomic mass is 32.2. The SMILES string of the molecule is COc1cc(CNC(=O)[C@@H](C)SC)ccc1OCc1cccnc1. The molecule has 1 atom stereocenters. The average Bonchev–Trinajstić information content (AvgIpc) is 2.64. The van der Waals surface area contributed by atoms with E-state index in [1.165, 1.54) is 11.8 Å². The molecule has 0 saturated carbocycles. The topological polar surface area (TPSA) is 60.5 Å². The molecule has 1 heterocycles. The van der Waals surface area contributed by atoms with E-state index in [2.05, 4.69) is 10.3 Å². The molecule has 0 unspecified atom stereocenters. The minimum Gasteiger partial charge on any atom is -0.493 e. The van der Waals surface area contributed by atoms with Gasteiger partial charge in [0, 0.05) is 24.5 Å². The van der Waals surface area contributed by atoms with E-state index >= 15 is 0 Å². The fraction of sp³-hybridized carbons (Fsp3) is 0.333. The Morgan fingerprint density at radius 2 is 2.12 bits per heavy atom. The molecular formula is C18H22N2O3S. The second kappa shape index (κ2) is 9.17. The third kappa shape index (κ3) is 5.16. The van der Waals surface area contributed by atoms with Crippen molar-refractivity contribution in [3.8, 4) is 11.5 Å². The first-order valence-corrected chi connectivity index (χ1v) is 8.92. The van der Waals surface area contributed by atoms with Crippen LogP contribution in [0.15, 0.2) is 42.7 Å². The van der Waals surface area contributed by atoms with Gasteiger partial charge in [-0.3, -0.25) is 9.78 Å². The van der Waals surface area contributed by atoms with E-state index in [9.17, 15) is 4.79 Å². The first kappa shape index (κ1) is 18.1. The summed E-state index contributed by atoms with van der Waals surface area (Å²) in [6.07, 6.45) is 5.41. The van der Waals surface area contributed by atoms with Crippen molar-refractivity contribution in [2.24, 2.45) is 0 Å². The van der Waals surface area contributed by atoms with E-state index in [0.29, 0.717) is 24.7 Å². The summed E-state index contributed by atoms with van der Waals surface area (Å²) in [6, 6.07) is 9.48. The highest BCUT2D eigenvalue weighted by Crippen LogP contribution is 2.28. The molecule has 0 aliphatic heterocycles. The number of benzene rings is 1. The van der Waals surface area contributed by atoms with E-state index in [1.54, 1.807) is 19.5 Å². The van der Waals surface area contributed by atoms with Crippen LogP contribution < -0.4 is 14.8 Å². The number of carbonyl (C=O) groups is 1. The Balaban J connectivity index is 1.98. The van der Waals surface area contributed by atoms with Gasteiger partial charge in [-0.05, 0) is 36.9 Å². The van der Waals surface area contributed by atoms with Crippen LogP contribution in [0.1, 0.15) is 18.1 Å². The summed E-state index contributed by atoms with van der Waals surface area (Å²) in [4.78, 5) is 15.9. The van der Waals surface area contributed by atoms with Crippen molar-refractivity contribution < 1.29 is 14.3 Å². The van der Waals surface area contributed by atoms with Crippen molar-refractivity contribution in [3.63, 3.8) is 0 Å². The zero-order chi connectivity index (χ0) is 17.4. The molecular weight excluding hydrogens is 324 g/mol. The molecule has 0 bridgehead atoms. The second-order valence-electron chi connectivity index (χ2n) is 5.23. The summed E-state index contributed by atoms with van der Waals surface area (Å²) in [7, 11) is 1.60. The number of methoxy groups -OCH3 is 1. The Morgan fingerprint density at radius 3 is 2.79 bits per heavy atom. The standard InChI is InChI=1S/C18H22N2O3S/c1-13(24-3)18(21)20-11-14-6-7-16(17(9-14)22-2)23-12-15-5-4-8-19-10-15/h4-10,13H,11-12H2,1-3H3,(H,20,21)/t13-/m1/s1. The third-order valence-corrected chi connectivity index (χ3v) is 4.46. The monoisotopic (exact) mass is 346 g/mol. The molecule has 1 aromatic heterocycles. The van der Waals surface area contributed by atoms with Gasteiger partial charge in [0.2, 0.25) is 5.91 Å². The van der Waals surface area contributed by atoms with Crippen LogP contribution in [0, 0.1) is 0 Å². The quantitative estimate of drug-likeness (QED) is 0.796. The van der Waals surface area contributed by atoms with Gasteiger partial charge in [0.05, 0.1) is 12.4 Å². The van der Waals surface area contributed by atoms with Crippen LogP contribution in [0.4, 0.5) is 0 Å². The van der Waals surface area contributed by atoms with Crippen LogP contribution in [-0.4, -0.2) is 29.5 Å². The van der Waals surface area contributed by atoms with Crippen LogP contribution in [0.3, 0.4) is 0 Å². The molecule has 24 heavy (non-hydrogen) atoms. The van der Waals surface area contributed by atoms with Gasteiger partial charge < -0.3 is 14.8 Å². The first-order chi connectivity index (χ1) is 11.6. The van der Waals surface area contributed by atoms with Gasteiger partial charge >= 0.3 is 0 Å². The van der Waals surface area contributed by atoms with Gasteiger partial charge in [-0.15, -0.1) is 0 Å². The summed E-state index contributed by atoms with van der Waals surface area (Å²) in [6.45, 7) is 2.77. The Hall–Kier alpha value is -2.21. The van der Waals surface area contributed by atoms with E-state index in [1.807, 2.05) is 43.5 Å². The maximum atomic E-state index is 11.8. The third-order valence-electron chi connectivity index (χ3n) is 3.53. The molecule has 0 aliphatic carbocycles. The van der Waals surface area contributed by atoms with Gasteiger partial charge in [0.25, 0.3) is 0 Å². The molecule has 5 nitrogen and oxygen atoms in total. The number of hydrogen-bond acceptors (Lipinski definition) is 5. The lowest BCUT2D eigenvalue weighted by atomic mass is 10.2. The highest BCUT2D eigenvalue weighted by Gasteiger charge is 2.11. The number of aromatic nitrogens is 1. The second-order valence-corrected chi connectivity index (χ2v) is 6.41. The molecule has 0 fully saturated rings. The lowest BCUT2D eigenvalue weighted by Gasteiger charge is -2.13. The van der Waals surface area contributed by atoms with E-state index in [4.69, 9.17) is 9.47 Å². The van der Waals surface area contributed by atoms with Crippen LogP contribution in [0.2, 0.25) is 0 Å². The molecule has 1 N–H and O–H groups in total. The molecule has 2 aromatic rings. The van der Waals surface area contributed by atoms with Crippen molar-refractivity contribution >= 4 is 17.7 Å². The molecule has 128 valence electrons. The molecule has 0 saturated heterocycles. The Bertz CT molecular complexity index is 665. The number of thioether (sulfide) groups is 1. The zero-order valence-electron chi connectivity index (χ0n) is 14.1. The number of rotatable bonds is 8. The number of nitrogens with zero attached hydrogens (tertiary/aromatic N) is 1. The van der Waals surface area contributed by atoms with Crippen molar-refractivity contribution in [2.75, 3.05) is 13.4 Å². The fourth-order valence-electron chi connectivity index (χ4n) is 2.03. The molecule has 6 heteroatoms. The van der Waals surface area contributed by atoms with Crippen molar-refractivity contribution in [1.29, 1.82) is 0 Å². The summed E-state index contributed by atoms with van der Waals surface area (Å²) >= 11 is 1.52. The number of hydrogen-bond donors (Lipinski definition) is 1. The lowest BCUT2D eigenvalue weighted by molar-refractivity contribution is -0.120. The van der Waals surface area contributed by atoms with Gasteiger partial charge in [-0.25, -0.2) is 0 Å². The molecule has 0 radical (unpaired) electrons. The Morgan fingerprint density at radius 1 is 1.29 bits per heavy atom. The zero-order valence-corrected chi connectivity index (χ0v) is 14.9. The van der Waals surface area contributed by atoms with Gasteiger partial charge in [0.15, 0.2) is 11.5 Å². The number of ether oxygens (including phenoxy) is 2. The van der Waals surface area contributed by atoms with Crippen LogP contribution in [-0.2, 0) is 17.9 Å². The predicted molar refractivity (Wildman–Crippen MR) is 96.4 cm³/mol. The normalized spacial score (nSPS) is 11.6. The van der Waals surface area contributed by atoms with Crippen molar-refractivity contribution in [3.05, 3.63) is 53.9 Å². The van der Waals surface area contributed by atoms with Crippen LogP contribution in [0.25, 0.3) is 0 Å². The highest BCUT2D eigenvalue weighted by molar-refractivity contribution is 7.99. The fourth-order valence-corrected chi connectivity index (χ4v) is 2.32. The summed E-state index contributed by atoms with van der Waals surface area (Å²) in [5, 5.41) is 2.85. The minimum atomic E-state index is -0.0611. The van der Waals surface area contributed by atoms with Gasteiger partial charge in [-0.1, -0.05) is 12.1 Å². The van der Waals surface area contributed by atoms with Crippen LogP contribution >= 0.6 is 11.8 Å². The number of pyridine rings is 1. The first-order valence-electron chi connectivity index (χ1n) is 7.63. The molecule has 1 amide bonds. The smallest absolute Gasteiger partial charge is 0.233 e. The van der Waals surface area contributed by atoms with Gasteiger partial charge in [-0.2, -0.15) is 11.8 Å². The van der Waals surface area contributed by atoms with Crippen molar-refractivity contribution in [1.82, 2.24) is 10.3 Å². The van der Waals surface area contributed by atoms with Crippen molar-refractivity contribution in [2.45, 2.75) is 25.3 Å². The van der Waals surface area contributed by atoms with Crippen LogP contribution in [0.5, 0.6) is 11.5 Å². The van der Waals surface area contributed by atoms with E-state index < -0.39 is 0 Å². The summed E-state index contributed by atoms with van der Waals surface area (Å²) in [5.74, 6) is 1.33. The number of nitrogens with one attached hydrogen (secondary N) is 1. The molecule has 1 aromatic carbocycles.